The van der Waals surface area contributed by atoms with Crippen molar-refractivity contribution in [2.75, 3.05) is 0 Å². The molecule has 0 aromatic heterocycles. The molecule has 1 fully saturated rings. The standard InChI is InChI=1S/C9H11N3O4S/c1-2(13)3-7(14)12-4(9(15)16)5(6(10)11)17-8(3)12/h2-3,8,13H,1H3,(H3,10,11)(H,15,16)/t2?,3?,8-/m1/s1. The van der Waals surface area contributed by atoms with Gasteiger partial charge in [0.15, 0.2) is 0 Å². The number of fused-ring (bicyclic) bond motifs is 1. The predicted molar refractivity (Wildman–Crippen MR) is 60.0 cm³/mol. The van der Waals surface area contributed by atoms with E-state index in [1.54, 1.807) is 0 Å². The second-order valence-electron chi connectivity index (χ2n) is 3.88. The molecule has 8 heteroatoms. The number of nitrogens with zero attached hydrogens (tertiary/aromatic N) is 1. The highest BCUT2D eigenvalue weighted by molar-refractivity contribution is 8.05. The van der Waals surface area contributed by atoms with Crippen LogP contribution in [0.4, 0.5) is 0 Å². The van der Waals surface area contributed by atoms with E-state index < -0.39 is 29.3 Å². The maximum Gasteiger partial charge on any atom is 0.353 e. The van der Waals surface area contributed by atoms with E-state index in [1.165, 1.54) is 6.92 Å². The van der Waals surface area contributed by atoms with Crippen LogP contribution in [-0.4, -0.2) is 44.3 Å². The normalized spacial score (nSPS) is 28.8. The van der Waals surface area contributed by atoms with Crippen LogP contribution in [-0.2, 0) is 9.59 Å². The van der Waals surface area contributed by atoms with Crippen molar-refractivity contribution in [3.8, 4) is 0 Å². The van der Waals surface area contributed by atoms with Crippen LogP contribution in [0.15, 0.2) is 10.6 Å². The lowest BCUT2D eigenvalue weighted by Crippen LogP contribution is -2.60. The highest BCUT2D eigenvalue weighted by Gasteiger charge is 2.58. The third-order valence-electron chi connectivity index (χ3n) is 2.75. The highest BCUT2D eigenvalue weighted by Crippen LogP contribution is 2.50. The zero-order chi connectivity index (χ0) is 12.9. The fourth-order valence-electron chi connectivity index (χ4n) is 1.97. The average molecular weight is 257 g/mol. The summed E-state index contributed by atoms with van der Waals surface area (Å²) < 4.78 is 0. The smallest absolute Gasteiger partial charge is 0.353 e. The largest absolute Gasteiger partial charge is 0.477 e. The van der Waals surface area contributed by atoms with Gasteiger partial charge in [-0.1, -0.05) is 11.8 Å². The number of carbonyl (C=O) groups excluding carboxylic acids is 1. The Morgan fingerprint density at radius 2 is 2.24 bits per heavy atom. The minimum absolute atomic E-state index is 0.0824. The molecule has 0 aromatic carbocycles. The Bertz CT molecular complexity index is 459. The van der Waals surface area contributed by atoms with E-state index >= 15 is 0 Å². The van der Waals surface area contributed by atoms with E-state index in [-0.39, 0.29) is 16.4 Å². The summed E-state index contributed by atoms with van der Waals surface area (Å²) in [5.74, 6) is -2.74. The number of rotatable bonds is 3. The number of aliphatic carboxylic acids is 1. The molecule has 1 amide bonds. The van der Waals surface area contributed by atoms with Gasteiger partial charge in [0.2, 0.25) is 5.91 Å². The van der Waals surface area contributed by atoms with Gasteiger partial charge < -0.3 is 15.9 Å². The Balaban J connectivity index is 2.36. The third-order valence-corrected chi connectivity index (χ3v) is 4.14. The van der Waals surface area contributed by atoms with Crippen molar-refractivity contribution < 1.29 is 19.8 Å². The van der Waals surface area contributed by atoms with E-state index in [4.69, 9.17) is 16.2 Å². The number of hydrogen-bond acceptors (Lipinski definition) is 5. The monoisotopic (exact) mass is 257 g/mol. The number of amides is 1. The molecule has 2 aliphatic heterocycles. The molecule has 0 spiro atoms. The van der Waals surface area contributed by atoms with Crippen LogP contribution in [0.3, 0.4) is 0 Å². The third kappa shape index (κ3) is 1.52. The van der Waals surface area contributed by atoms with Gasteiger partial charge in [0.05, 0.1) is 16.9 Å². The molecule has 2 heterocycles. The van der Waals surface area contributed by atoms with Gasteiger partial charge in [0.1, 0.15) is 16.9 Å². The number of carbonyl (C=O) groups is 2. The Morgan fingerprint density at radius 3 is 2.65 bits per heavy atom. The quantitative estimate of drug-likeness (QED) is 0.295. The van der Waals surface area contributed by atoms with Gasteiger partial charge >= 0.3 is 5.97 Å². The summed E-state index contributed by atoms with van der Waals surface area (Å²) in [6, 6.07) is 0. The Morgan fingerprint density at radius 1 is 1.65 bits per heavy atom. The molecular weight excluding hydrogens is 246 g/mol. The average Bonchev–Trinajstić information content (AvgIpc) is 2.52. The first-order chi connectivity index (χ1) is 7.86. The molecule has 0 aliphatic carbocycles. The van der Waals surface area contributed by atoms with Crippen LogP contribution >= 0.6 is 11.8 Å². The summed E-state index contributed by atoms with van der Waals surface area (Å²) in [5.41, 5.74) is 5.03. The molecule has 5 N–H and O–H groups in total. The molecule has 0 bridgehead atoms. The second kappa shape index (κ2) is 3.74. The Hall–Kier alpha value is -1.54. The maximum absolute atomic E-state index is 11.7. The van der Waals surface area contributed by atoms with Crippen molar-refractivity contribution in [3.63, 3.8) is 0 Å². The topological polar surface area (TPSA) is 128 Å². The van der Waals surface area contributed by atoms with E-state index in [9.17, 15) is 14.7 Å². The van der Waals surface area contributed by atoms with Gasteiger partial charge in [-0.3, -0.25) is 15.1 Å². The van der Waals surface area contributed by atoms with Crippen LogP contribution in [0.1, 0.15) is 6.92 Å². The minimum Gasteiger partial charge on any atom is -0.477 e. The number of aliphatic hydroxyl groups excluding tert-OH is 1. The molecule has 3 atom stereocenters. The number of nitrogens with two attached hydrogens (primary N) is 1. The molecule has 7 nitrogen and oxygen atoms in total. The van der Waals surface area contributed by atoms with E-state index in [0.29, 0.717) is 0 Å². The van der Waals surface area contributed by atoms with Crippen LogP contribution < -0.4 is 5.73 Å². The molecule has 2 aliphatic rings. The minimum atomic E-state index is -1.29. The van der Waals surface area contributed by atoms with Crippen LogP contribution in [0.5, 0.6) is 0 Å². The number of amidine groups is 1. The first-order valence-corrected chi connectivity index (χ1v) is 5.74. The summed E-state index contributed by atoms with van der Waals surface area (Å²) in [6.45, 7) is 1.48. The van der Waals surface area contributed by atoms with Crippen molar-refractivity contribution in [2.24, 2.45) is 11.7 Å². The maximum atomic E-state index is 11.7. The van der Waals surface area contributed by atoms with Crippen molar-refractivity contribution in [3.05, 3.63) is 10.6 Å². The number of carboxylic acid groups (broad SMARTS) is 1. The lowest BCUT2D eigenvalue weighted by molar-refractivity contribution is -0.156. The Kier molecular flexibility index (Phi) is 2.63. The fourth-order valence-corrected chi connectivity index (χ4v) is 3.44. The summed E-state index contributed by atoms with van der Waals surface area (Å²) in [7, 11) is 0. The van der Waals surface area contributed by atoms with Crippen LogP contribution in [0.25, 0.3) is 0 Å². The molecule has 0 radical (unpaired) electrons. The zero-order valence-corrected chi connectivity index (χ0v) is 9.69. The number of carboxylic acids is 1. The van der Waals surface area contributed by atoms with Crippen molar-refractivity contribution in [1.82, 2.24) is 4.90 Å². The molecular formula is C9H11N3O4S. The van der Waals surface area contributed by atoms with Crippen molar-refractivity contribution in [2.45, 2.75) is 18.4 Å². The number of thioether (sulfide) groups is 1. The second-order valence-corrected chi connectivity index (χ2v) is 5.01. The van der Waals surface area contributed by atoms with Crippen LogP contribution in [0, 0.1) is 11.3 Å². The number of β-lactam (4-membered cyclic amide) rings is 1. The van der Waals surface area contributed by atoms with E-state index in [2.05, 4.69) is 0 Å². The molecule has 1 saturated heterocycles. The first kappa shape index (κ1) is 11.9. The van der Waals surface area contributed by atoms with E-state index in [1.807, 2.05) is 0 Å². The molecule has 0 saturated carbocycles. The predicted octanol–water partition coefficient (Wildman–Crippen LogP) is -0.869. The van der Waals surface area contributed by atoms with E-state index in [0.717, 1.165) is 16.7 Å². The molecule has 0 aromatic rings. The fraction of sp³-hybridized carbons (Fsp3) is 0.444. The van der Waals surface area contributed by atoms with Gasteiger partial charge in [-0.2, -0.15) is 0 Å². The molecule has 2 rings (SSSR count). The van der Waals surface area contributed by atoms with Crippen molar-refractivity contribution in [1.29, 1.82) is 5.41 Å². The lowest BCUT2D eigenvalue weighted by atomic mass is 9.92. The molecule has 92 valence electrons. The Labute approximate surface area is 101 Å². The number of hydrogen-bond donors (Lipinski definition) is 4. The first-order valence-electron chi connectivity index (χ1n) is 4.86. The van der Waals surface area contributed by atoms with Gasteiger partial charge in [-0.05, 0) is 6.92 Å². The highest BCUT2D eigenvalue weighted by atomic mass is 32.2. The molecule has 2 unspecified atom stereocenters. The van der Waals surface area contributed by atoms with Gasteiger partial charge in [0.25, 0.3) is 0 Å². The zero-order valence-electron chi connectivity index (χ0n) is 8.88. The lowest BCUT2D eigenvalue weighted by Gasteiger charge is -2.43. The SMILES string of the molecule is CC(O)C1C(=O)N2C(C(=O)O)=C(C(=N)N)S[C@H]12. The van der Waals surface area contributed by atoms with Gasteiger partial charge in [-0.15, -0.1) is 0 Å². The number of aliphatic hydroxyl groups is 1. The summed E-state index contributed by atoms with van der Waals surface area (Å²) in [5, 5.41) is 25.3. The molecule has 17 heavy (non-hydrogen) atoms. The summed E-state index contributed by atoms with van der Waals surface area (Å²) >= 11 is 1.04. The van der Waals surface area contributed by atoms with Gasteiger partial charge in [0, 0.05) is 0 Å². The van der Waals surface area contributed by atoms with Crippen molar-refractivity contribution >= 4 is 29.5 Å². The summed E-state index contributed by atoms with van der Waals surface area (Å²) in [4.78, 5) is 23.9. The van der Waals surface area contributed by atoms with Crippen LogP contribution in [0.2, 0.25) is 0 Å². The summed E-state index contributed by atoms with van der Waals surface area (Å²) in [6.07, 6.45) is -0.849. The number of nitrogens with one attached hydrogen (secondary N) is 1. The van der Waals surface area contributed by atoms with Gasteiger partial charge in [-0.25, -0.2) is 4.79 Å².